The second-order valence-electron chi connectivity index (χ2n) is 8.69. The van der Waals surface area contributed by atoms with E-state index in [0.717, 1.165) is 0 Å². The smallest absolute Gasteiger partial charge is 0.387 e. The molecule has 0 bridgehead atoms. The van der Waals surface area contributed by atoms with E-state index in [1.807, 2.05) is 0 Å². The van der Waals surface area contributed by atoms with Crippen LogP contribution in [0.4, 0.5) is 13.2 Å². The molecule has 1 aliphatic rings. The lowest BCUT2D eigenvalue weighted by Gasteiger charge is -2.19. The monoisotopic (exact) mass is 456 g/mol. The van der Waals surface area contributed by atoms with Crippen molar-refractivity contribution < 1.29 is 23.0 Å². The topological polar surface area (TPSA) is 65.1 Å². The van der Waals surface area contributed by atoms with Crippen molar-refractivity contribution in [3.63, 3.8) is 0 Å². The number of aromatic nitrogens is 4. The van der Waals surface area contributed by atoms with E-state index in [1.54, 1.807) is 45.9 Å². The fraction of sp³-hybridized carbons (Fsp3) is 0.333. The minimum absolute atomic E-state index is 0.0386. The Morgan fingerprint density at radius 1 is 1.21 bits per heavy atom. The van der Waals surface area contributed by atoms with Crippen LogP contribution in [0.15, 0.2) is 48.8 Å². The third-order valence-electron chi connectivity index (χ3n) is 5.85. The molecule has 4 aromatic rings. The zero-order valence-corrected chi connectivity index (χ0v) is 18.1. The van der Waals surface area contributed by atoms with Gasteiger partial charge in [0.1, 0.15) is 23.5 Å². The number of halogens is 3. The highest BCUT2D eigenvalue weighted by Crippen LogP contribution is 2.44. The van der Waals surface area contributed by atoms with Crippen LogP contribution in [-0.2, 0) is 6.54 Å². The molecule has 1 aliphatic heterocycles. The predicted molar refractivity (Wildman–Crippen MR) is 117 cm³/mol. The fourth-order valence-corrected chi connectivity index (χ4v) is 4.54. The van der Waals surface area contributed by atoms with Gasteiger partial charge in [0.15, 0.2) is 0 Å². The molecule has 6 nitrogen and oxygen atoms in total. The normalized spacial score (nSPS) is 17.9. The SMILES string of the molecule is CC(C)Cn1cc(-c2cc3c(cc2F)nc2n3C(c3ccccc3OC(F)F)CC2O)cn1. The summed E-state index contributed by atoms with van der Waals surface area (Å²) >= 11 is 0. The first-order valence-corrected chi connectivity index (χ1v) is 10.8. The van der Waals surface area contributed by atoms with Crippen LogP contribution in [0.5, 0.6) is 5.75 Å². The highest BCUT2D eigenvalue weighted by molar-refractivity contribution is 5.83. The van der Waals surface area contributed by atoms with Crippen molar-refractivity contribution in [1.29, 1.82) is 0 Å². The Kier molecular flexibility index (Phi) is 5.36. The largest absolute Gasteiger partial charge is 0.434 e. The van der Waals surface area contributed by atoms with Gasteiger partial charge in [-0.3, -0.25) is 4.68 Å². The van der Waals surface area contributed by atoms with E-state index in [9.17, 15) is 13.9 Å². The molecule has 0 saturated heterocycles. The highest BCUT2D eigenvalue weighted by atomic mass is 19.3. The maximum Gasteiger partial charge on any atom is 0.387 e. The van der Waals surface area contributed by atoms with Crippen LogP contribution < -0.4 is 4.74 Å². The molecule has 5 rings (SSSR count). The molecule has 2 unspecified atom stereocenters. The standard InChI is InChI=1S/C24H23F3N4O2/c1-13(2)11-30-12-14(10-28-30)16-7-20-18(8-17(16)25)29-23-21(32)9-19(31(20)23)15-5-3-4-6-22(15)33-24(26)27/h3-8,10,12-13,19,21,24,32H,9,11H2,1-2H3. The lowest BCUT2D eigenvalue weighted by molar-refractivity contribution is -0.0507. The summed E-state index contributed by atoms with van der Waals surface area (Å²) in [7, 11) is 0. The van der Waals surface area contributed by atoms with Gasteiger partial charge in [-0.25, -0.2) is 9.37 Å². The molecule has 1 N–H and O–H groups in total. The highest BCUT2D eigenvalue weighted by Gasteiger charge is 2.36. The van der Waals surface area contributed by atoms with Crippen LogP contribution in [0, 0.1) is 11.7 Å². The Morgan fingerprint density at radius 2 is 2.00 bits per heavy atom. The van der Waals surface area contributed by atoms with Crippen molar-refractivity contribution in [2.45, 2.75) is 45.6 Å². The number of rotatable bonds is 6. The lowest BCUT2D eigenvalue weighted by atomic mass is 10.0. The summed E-state index contributed by atoms with van der Waals surface area (Å²) in [5, 5.41) is 15.0. The number of para-hydroxylation sites is 1. The van der Waals surface area contributed by atoms with Gasteiger partial charge in [0, 0.05) is 41.9 Å². The summed E-state index contributed by atoms with van der Waals surface area (Å²) in [5.41, 5.74) is 2.48. The molecule has 0 radical (unpaired) electrons. The van der Waals surface area contributed by atoms with E-state index in [1.165, 1.54) is 12.1 Å². The van der Waals surface area contributed by atoms with Gasteiger partial charge in [0.2, 0.25) is 0 Å². The average molecular weight is 456 g/mol. The van der Waals surface area contributed by atoms with Crippen LogP contribution in [0.2, 0.25) is 0 Å². The van der Waals surface area contributed by atoms with E-state index < -0.39 is 24.6 Å². The van der Waals surface area contributed by atoms with Crippen LogP contribution in [-0.4, -0.2) is 31.0 Å². The molecule has 172 valence electrons. The van der Waals surface area contributed by atoms with Crippen LogP contribution in [0.1, 0.15) is 43.8 Å². The van der Waals surface area contributed by atoms with Gasteiger partial charge in [0.05, 0.1) is 23.3 Å². The summed E-state index contributed by atoms with van der Waals surface area (Å²) in [4.78, 5) is 4.44. The first-order chi connectivity index (χ1) is 15.8. The average Bonchev–Trinajstić information content (AvgIpc) is 3.43. The van der Waals surface area contributed by atoms with E-state index in [2.05, 4.69) is 23.9 Å². The van der Waals surface area contributed by atoms with Gasteiger partial charge in [-0.1, -0.05) is 32.0 Å². The molecule has 0 amide bonds. The second kappa shape index (κ2) is 8.22. The van der Waals surface area contributed by atoms with Gasteiger partial charge in [-0.15, -0.1) is 0 Å². The van der Waals surface area contributed by atoms with Crippen molar-refractivity contribution >= 4 is 11.0 Å². The minimum Gasteiger partial charge on any atom is -0.434 e. The molecule has 0 saturated carbocycles. The summed E-state index contributed by atoms with van der Waals surface area (Å²) in [6.07, 6.45) is 2.75. The van der Waals surface area contributed by atoms with E-state index >= 15 is 4.39 Å². The Hall–Kier alpha value is -3.33. The number of hydrogen-bond donors (Lipinski definition) is 1. The predicted octanol–water partition coefficient (Wildman–Crippen LogP) is 5.32. The van der Waals surface area contributed by atoms with Crippen molar-refractivity contribution in [2.24, 2.45) is 5.92 Å². The number of hydrogen-bond acceptors (Lipinski definition) is 4. The first kappa shape index (κ1) is 21.5. The van der Waals surface area contributed by atoms with Gasteiger partial charge in [0.25, 0.3) is 0 Å². The molecular formula is C24H23F3N4O2. The zero-order valence-electron chi connectivity index (χ0n) is 18.1. The number of aliphatic hydroxyl groups excluding tert-OH is 1. The molecule has 2 aromatic carbocycles. The second-order valence-corrected chi connectivity index (χ2v) is 8.69. The van der Waals surface area contributed by atoms with E-state index in [0.29, 0.717) is 46.0 Å². The molecule has 3 heterocycles. The summed E-state index contributed by atoms with van der Waals surface area (Å²) in [6.45, 7) is 1.88. The summed E-state index contributed by atoms with van der Waals surface area (Å²) in [6, 6.07) is 9.03. The van der Waals surface area contributed by atoms with Gasteiger partial charge >= 0.3 is 6.61 Å². The summed E-state index contributed by atoms with van der Waals surface area (Å²) < 4.78 is 49.3. The van der Waals surface area contributed by atoms with Gasteiger partial charge < -0.3 is 14.4 Å². The minimum atomic E-state index is -2.97. The molecule has 0 spiro atoms. The maximum atomic E-state index is 15.0. The number of benzene rings is 2. The lowest BCUT2D eigenvalue weighted by Crippen LogP contribution is -2.10. The molecule has 0 fully saturated rings. The molecule has 9 heteroatoms. The number of fused-ring (bicyclic) bond motifs is 3. The number of alkyl halides is 2. The Labute approximate surface area is 188 Å². The Bertz CT molecular complexity index is 1310. The molecule has 2 atom stereocenters. The van der Waals surface area contributed by atoms with Crippen molar-refractivity contribution in [3.8, 4) is 16.9 Å². The van der Waals surface area contributed by atoms with E-state index in [4.69, 9.17) is 4.74 Å². The summed E-state index contributed by atoms with van der Waals surface area (Å²) in [5.74, 6) is 0.349. The van der Waals surface area contributed by atoms with Gasteiger partial charge in [-0.05, 0) is 18.1 Å². The first-order valence-electron chi connectivity index (χ1n) is 10.8. The third kappa shape index (κ3) is 3.86. The van der Waals surface area contributed by atoms with Crippen molar-refractivity contribution in [2.75, 3.05) is 0 Å². The third-order valence-corrected chi connectivity index (χ3v) is 5.85. The van der Waals surface area contributed by atoms with Crippen LogP contribution >= 0.6 is 0 Å². The quantitative estimate of drug-likeness (QED) is 0.426. The number of ether oxygens (including phenoxy) is 1. The van der Waals surface area contributed by atoms with Crippen LogP contribution in [0.3, 0.4) is 0 Å². The van der Waals surface area contributed by atoms with Crippen molar-refractivity contribution in [1.82, 2.24) is 19.3 Å². The Morgan fingerprint density at radius 3 is 2.76 bits per heavy atom. The maximum absolute atomic E-state index is 15.0. The number of nitrogens with zero attached hydrogens (tertiary/aromatic N) is 4. The molecular weight excluding hydrogens is 433 g/mol. The molecule has 0 aliphatic carbocycles. The van der Waals surface area contributed by atoms with Gasteiger partial charge in [-0.2, -0.15) is 13.9 Å². The molecule has 33 heavy (non-hydrogen) atoms. The Balaban J connectivity index is 1.63. The number of imidazole rings is 1. The van der Waals surface area contributed by atoms with E-state index in [-0.39, 0.29) is 12.2 Å². The zero-order chi connectivity index (χ0) is 23.3. The number of aliphatic hydroxyl groups is 1. The van der Waals surface area contributed by atoms with Crippen LogP contribution in [0.25, 0.3) is 22.2 Å². The molecule has 2 aromatic heterocycles. The fourth-order valence-electron chi connectivity index (χ4n) is 4.54. The van der Waals surface area contributed by atoms with Crippen molar-refractivity contribution in [3.05, 3.63) is 66.0 Å².